The number of hydrogen-bond donors (Lipinski definition) is 0. The van der Waals surface area contributed by atoms with Gasteiger partial charge >= 0.3 is 0 Å². The summed E-state index contributed by atoms with van der Waals surface area (Å²) >= 11 is 0. The maximum absolute atomic E-state index is 11.1. The van der Waals surface area contributed by atoms with E-state index in [4.69, 9.17) is 18.9 Å². The van der Waals surface area contributed by atoms with E-state index in [0.29, 0.717) is 58.9 Å². The monoisotopic (exact) mass is 332 g/mol. The Hall–Kier alpha value is -0.820. The van der Waals surface area contributed by atoms with Gasteiger partial charge in [-0.1, -0.05) is 6.92 Å². The molecule has 23 heavy (non-hydrogen) atoms. The third-order valence-corrected chi connectivity index (χ3v) is 3.11. The van der Waals surface area contributed by atoms with Gasteiger partial charge in [0.1, 0.15) is 11.6 Å². The van der Waals surface area contributed by atoms with Crippen LogP contribution < -0.4 is 0 Å². The van der Waals surface area contributed by atoms with Crippen molar-refractivity contribution in [2.24, 2.45) is 0 Å². The number of hydrogen-bond acceptors (Lipinski definition) is 6. The lowest BCUT2D eigenvalue weighted by molar-refractivity contribution is -0.121. The van der Waals surface area contributed by atoms with Gasteiger partial charge in [0.05, 0.1) is 51.8 Å². The third kappa shape index (κ3) is 15.8. The van der Waals surface area contributed by atoms with Gasteiger partial charge in [-0.25, -0.2) is 0 Å². The minimum Gasteiger partial charge on any atom is -0.378 e. The molecule has 0 fully saturated rings. The van der Waals surface area contributed by atoms with Crippen LogP contribution in [0.1, 0.15) is 47.0 Å². The molecule has 0 saturated heterocycles. The van der Waals surface area contributed by atoms with Gasteiger partial charge in [-0.05, 0) is 20.8 Å². The summed E-state index contributed by atoms with van der Waals surface area (Å²) in [6.45, 7) is 10.0. The highest BCUT2D eigenvalue weighted by atomic mass is 16.6. The van der Waals surface area contributed by atoms with Crippen LogP contribution in [0, 0.1) is 0 Å². The molecule has 0 aromatic carbocycles. The lowest BCUT2D eigenvalue weighted by Gasteiger charge is -2.15. The van der Waals surface area contributed by atoms with Gasteiger partial charge in [0.2, 0.25) is 0 Å². The van der Waals surface area contributed by atoms with Crippen LogP contribution in [0.25, 0.3) is 0 Å². The van der Waals surface area contributed by atoms with E-state index >= 15 is 0 Å². The average Bonchev–Trinajstić information content (AvgIpc) is 2.50. The smallest absolute Gasteiger partial charge is 0.134 e. The summed E-state index contributed by atoms with van der Waals surface area (Å²) in [5, 5.41) is 0. The van der Waals surface area contributed by atoms with Crippen molar-refractivity contribution in [2.45, 2.75) is 59.2 Å². The van der Waals surface area contributed by atoms with E-state index in [2.05, 4.69) is 0 Å². The predicted octanol–water partition coefficient (Wildman–Crippen LogP) is 2.18. The molecule has 0 rings (SSSR count). The van der Waals surface area contributed by atoms with E-state index in [9.17, 15) is 9.59 Å². The Bertz CT molecular complexity index is 318. The molecular weight excluding hydrogens is 300 g/mol. The molecule has 0 heterocycles. The molecule has 0 aliphatic rings. The summed E-state index contributed by atoms with van der Waals surface area (Å²) in [4.78, 5) is 21.9. The Balaban J connectivity index is 3.39. The summed E-state index contributed by atoms with van der Waals surface area (Å²) in [6, 6.07) is 0. The summed E-state index contributed by atoms with van der Waals surface area (Å²) < 4.78 is 21.8. The van der Waals surface area contributed by atoms with Crippen LogP contribution in [0.15, 0.2) is 0 Å². The highest BCUT2D eigenvalue weighted by Crippen LogP contribution is 1.98. The molecule has 0 amide bonds. The summed E-state index contributed by atoms with van der Waals surface area (Å²) in [6.07, 6.45) is 1.40. The highest BCUT2D eigenvalue weighted by molar-refractivity contribution is 5.78. The zero-order valence-corrected chi connectivity index (χ0v) is 15.0. The first-order valence-electron chi connectivity index (χ1n) is 8.35. The molecule has 2 atom stereocenters. The average molecular weight is 332 g/mol. The molecule has 0 spiro atoms. The molecular formula is C17H32O6. The molecule has 0 N–H and O–H groups in total. The maximum atomic E-state index is 11.1. The van der Waals surface area contributed by atoms with Crippen molar-refractivity contribution < 1.29 is 28.5 Å². The van der Waals surface area contributed by atoms with Crippen molar-refractivity contribution >= 4 is 11.6 Å². The number of Topliss-reactive ketones (excluding diaryl/α,β-unsaturated/α-hetero) is 2. The van der Waals surface area contributed by atoms with Crippen molar-refractivity contribution in [3.63, 3.8) is 0 Å². The molecule has 0 bridgehead atoms. The second kappa shape index (κ2) is 14.8. The number of ether oxygens (including phenoxy) is 4. The van der Waals surface area contributed by atoms with Crippen molar-refractivity contribution in [1.82, 2.24) is 0 Å². The van der Waals surface area contributed by atoms with Gasteiger partial charge in [0.25, 0.3) is 0 Å². The van der Waals surface area contributed by atoms with Crippen LogP contribution in [-0.4, -0.2) is 63.4 Å². The van der Waals surface area contributed by atoms with Gasteiger partial charge < -0.3 is 18.9 Å². The van der Waals surface area contributed by atoms with Crippen LogP contribution in [-0.2, 0) is 28.5 Å². The molecule has 0 aliphatic heterocycles. The van der Waals surface area contributed by atoms with E-state index in [1.54, 1.807) is 6.92 Å². The summed E-state index contributed by atoms with van der Waals surface area (Å²) in [5.74, 6) is 0.341. The molecule has 0 radical (unpaired) electrons. The Kier molecular flexibility index (Phi) is 14.2. The fourth-order valence-electron chi connectivity index (χ4n) is 1.67. The quantitative estimate of drug-likeness (QED) is 0.403. The third-order valence-electron chi connectivity index (χ3n) is 3.11. The lowest BCUT2D eigenvalue weighted by Crippen LogP contribution is -2.22. The van der Waals surface area contributed by atoms with Crippen molar-refractivity contribution in [2.75, 3.05) is 39.6 Å². The van der Waals surface area contributed by atoms with Crippen molar-refractivity contribution in [3.8, 4) is 0 Å². The van der Waals surface area contributed by atoms with E-state index < -0.39 is 0 Å². The fourth-order valence-corrected chi connectivity index (χ4v) is 1.67. The maximum Gasteiger partial charge on any atom is 0.134 e. The Morgan fingerprint density at radius 2 is 1.39 bits per heavy atom. The van der Waals surface area contributed by atoms with E-state index in [0.717, 1.165) is 0 Å². The Labute approximate surface area is 139 Å². The molecule has 6 heteroatoms. The molecule has 0 aliphatic carbocycles. The first-order valence-corrected chi connectivity index (χ1v) is 8.35. The van der Waals surface area contributed by atoms with Crippen molar-refractivity contribution in [1.29, 1.82) is 0 Å². The van der Waals surface area contributed by atoms with Crippen LogP contribution in [0.4, 0.5) is 0 Å². The molecule has 0 saturated carbocycles. The number of carbonyl (C=O) groups excluding carboxylic acids is 2. The summed E-state index contributed by atoms with van der Waals surface area (Å²) in [7, 11) is 0. The predicted molar refractivity (Wildman–Crippen MR) is 87.7 cm³/mol. The van der Waals surface area contributed by atoms with E-state index in [1.165, 1.54) is 0 Å². The SMILES string of the molecule is CCC(=O)CCOC(C)COCCOC(C)COCCC(C)=O. The normalized spacial score (nSPS) is 13.7. The largest absolute Gasteiger partial charge is 0.378 e. The lowest BCUT2D eigenvalue weighted by atomic mass is 10.2. The molecule has 0 aromatic rings. The van der Waals surface area contributed by atoms with Crippen molar-refractivity contribution in [3.05, 3.63) is 0 Å². The Morgan fingerprint density at radius 3 is 1.96 bits per heavy atom. The van der Waals surface area contributed by atoms with Crippen LogP contribution in [0.5, 0.6) is 0 Å². The van der Waals surface area contributed by atoms with Gasteiger partial charge in [-0.3, -0.25) is 9.59 Å². The highest BCUT2D eigenvalue weighted by Gasteiger charge is 2.06. The second-order valence-electron chi connectivity index (χ2n) is 5.61. The topological polar surface area (TPSA) is 71.1 Å². The van der Waals surface area contributed by atoms with Gasteiger partial charge in [-0.15, -0.1) is 0 Å². The molecule has 136 valence electrons. The molecule has 2 unspecified atom stereocenters. The number of rotatable bonds is 16. The van der Waals surface area contributed by atoms with Crippen LogP contribution in [0.3, 0.4) is 0 Å². The second-order valence-corrected chi connectivity index (χ2v) is 5.61. The molecule has 6 nitrogen and oxygen atoms in total. The van der Waals surface area contributed by atoms with Gasteiger partial charge in [-0.2, -0.15) is 0 Å². The van der Waals surface area contributed by atoms with E-state index in [1.807, 2.05) is 20.8 Å². The minimum absolute atomic E-state index is 0.0284. The van der Waals surface area contributed by atoms with Crippen LogP contribution >= 0.6 is 0 Å². The first-order chi connectivity index (χ1) is 11.0. The van der Waals surface area contributed by atoms with Gasteiger partial charge in [0.15, 0.2) is 0 Å². The number of carbonyl (C=O) groups is 2. The summed E-state index contributed by atoms with van der Waals surface area (Å²) in [5.41, 5.74) is 0. The van der Waals surface area contributed by atoms with E-state index in [-0.39, 0.29) is 23.8 Å². The van der Waals surface area contributed by atoms with Crippen LogP contribution in [0.2, 0.25) is 0 Å². The van der Waals surface area contributed by atoms with Gasteiger partial charge in [0, 0.05) is 19.3 Å². The molecule has 0 aromatic heterocycles. The zero-order chi connectivity index (χ0) is 17.5. The minimum atomic E-state index is -0.0352. The Morgan fingerprint density at radius 1 is 0.826 bits per heavy atom. The zero-order valence-electron chi connectivity index (χ0n) is 15.0. The fraction of sp³-hybridized carbons (Fsp3) is 0.882. The standard InChI is InChI=1S/C17H32O6/c1-5-17(19)7-9-22-15(3)13-21-10-11-23-16(4)12-20-8-6-14(2)18/h15-16H,5-13H2,1-4H3. The first kappa shape index (κ1) is 22.2. The number of ketones is 2.